The van der Waals surface area contributed by atoms with Crippen molar-refractivity contribution in [2.75, 3.05) is 6.54 Å². The zero-order chi connectivity index (χ0) is 14.5. The summed E-state index contributed by atoms with van der Waals surface area (Å²) in [7, 11) is 0. The summed E-state index contributed by atoms with van der Waals surface area (Å²) in [5, 5.41) is 7.75. The highest BCUT2D eigenvalue weighted by molar-refractivity contribution is 5.26. The number of hydrogen-bond acceptors (Lipinski definition) is 2. The van der Waals surface area contributed by atoms with Crippen LogP contribution in [0.15, 0.2) is 30.6 Å². The standard InChI is InChI=1S/C16H22FN3/c1-12(2)7-18-8-14-9-19-20(10-14)11-15-4-5-16(17)6-13(15)3/h4-6,9-10,12,18H,7-8,11H2,1-3H3. The van der Waals surface area contributed by atoms with Gasteiger partial charge in [-0.3, -0.25) is 4.68 Å². The van der Waals surface area contributed by atoms with Crippen molar-refractivity contribution in [3.8, 4) is 0 Å². The van der Waals surface area contributed by atoms with Crippen LogP contribution in [0.25, 0.3) is 0 Å². The van der Waals surface area contributed by atoms with E-state index >= 15 is 0 Å². The SMILES string of the molecule is Cc1cc(F)ccc1Cn1cc(CNCC(C)C)cn1. The molecule has 0 saturated heterocycles. The van der Waals surface area contributed by atoms with E-state index in [4.69, 9.17) is 0 Å². The lowest BCUT2D eigenvalue weighted by Gasteiger charge is -2.06. The van der Waals surface area contributed by atoms with Crippen LogP contribution in [0.5, 0.6) is 0 Å². The lowest BCUT2D eigenvalue weighted by Crippen LogP contribution is -2.18. The van der Waals surface area contributed by atoms with Crippen LogP contribution in [0.1, 0.15) is 30.5 Å². The highest BCUT2D eigenvalue weighted by Gasteiger charge is 2.03. The quantitative estimate of drug-likeness (QED) is 0.878. The molecule has 0 aliphatic rings. The Morgan fingerprint density at radius 2 is 2.15 bits per heavy atom. The molecule has 0 atom stereocenters. The number of hydrogen-bond donors (Lipinski definition) is 1. The second kappa shape index (κ2) is 6.66. The first kappa shape index (κ1) is 14.7. The zero-order valence-corrected chi connectivity index (χ0v) is 12.4. The largest absolute Gasteiger partial charge is 0.312 e. The highest BCUT2D eigenvalue weighted by Crippen LogP contribution is 2.12. The fourth-order valence-corrected chi connectivity index (χ4v) is 2.10. The van der Waals surface area contributed by atoms with Crippen LogP contribution in [0.2, 0.25) is 0 Å². The second-order valence-electron chi connectivity index (χ2n) is 5.64. The number of rotatable bonds is 6. The molecule has 108 valence electrons. The van der Waals surface area contributed by atoms with Crippen LogP contribution in [0, 0.1) is 18.7 Å². The van der Waals surface area contributed by atoms with Crippen molar-refractivity contribution in [3.05, 3.63) is 53.1 Å². The van der Waals surface area contributed by atoms with Crippen molar-refractivity contribution in [1.29, 1.82) is 0 Å². The van der Waals surface area contributed by atoms with Crippen LogP contribution < -0.4 is 5.32 Å². The van der Waals surface area contributed by atoms with Gasteiger partial charge in [-0.05, 0) is 42.6 Å². The minimum atomic E-state index is -0.190. The van der Waals surface area contributed by atoms with Gasteiger partial charge in [-0.15, -0.1) is 0 Å². The van der Waals surface area contributed by atoms with E-state index in [1.54, 1.807) is 6.07 Å². The third-order valence-corrected chi connectivity index (χ3v) is 3.21. The average Bonchev–Trinajstić information content (AvgIpc) is 2.80. The van der Waals surface area contributed by atoms with Crippen molar-refractivity contribution in [3.63, 3.8) is 0 Å². The molecule has 0 spiro atoms. The van der Waals surface area contributed by atoms with Gasteiger partial charge in [-0.2, -0.15) is 5.10 Å². The zero-order valence-electron chi connectivity index (χ0n) is 12.4. The molecule has 1 heterocycles. The van der Waals surface area contributed by atoms with Gasteiger partial charge in [0.05, 0.1) is 12.7 Å². The Kier molecular flexibility index (Phi) is 4.90. The average molecular weight is 275 g/mol. The van der Waals surface area contributed by atoms with Gasteiger partial charge in [0.1, 0.15) is 5.82 Å². The molecule has 1 N–H and O–H groups in total. The van der Waals surface area contributed by atoms with Crippen molar-refractivity contribution in [1.82, 2.24) is 15.1 Å². The molecule has 0 saturated carbocycles. The van der Waals surface area contributed by atoms with Crippen molar-refractivity contribution < 1.29 is 4.39 Å². The minimum Gasteiger partial charge on any atom is -0.312 e. The van der Waals surface area contributed by atoms with Crippen molar-refractivity contribution >= 4 is 0 Å². The molecule has 2 aromatic rings. The molecular weight excluding hydrogens is 253 g/mol. The summed E-state index contributed by atoms with van der Waals surface area (Å²) >= 11 is 0. The van der Waals surface area contributed by atoms with Gasteiger partial charge in [-0.25, -0.2) is 4.39 Å². The Morgan fingerprint density at radius 1 is 1.35 bits per heavy atom. The first-order valence-electron chi connectivity index (χ1n) is 7.01. The summed E-state index contributed by atoms with van der Waals surface area (Å²) in [6.07, 6.45) is 3.92. The smallest absolute Gasteiger partial charge is 0.123 e. The molecule has 0 fully saturated rings. The molecule has 0 aliphatic carbocycles. The number of nitrogens with zero attached hydrogens (tertiary/aromatic N) is 2. The van der Waals surface area contributed by atoms with Gasteiger partial charge in [0.2, 0.25) is 0 Å². The second-order valence-corrected chi connectivity index (χ2v) is 5.64. The molecule has 0 aliphatic heterocycles. The lowest BCUT2D eigenvalue weighted by molar-refractivity contribution is 0.552. The first-order valence-corrected chi connectivity index (χ1v) is 7.01. The Balaban J connectivity index is 1.95. The molecule has 1 aromatic carbocycles. The van der Waals surface area contributed by atoms with Crippen LogP contribution >= 0.6 is 0 Å². The molecule has 0 amide bonds. The summed E-state index contributed by atoms with van der Waals surface area (Å²) in [6, 6.07) is 4.88. The molecule has 1 aromatic heterocycles. The number of nitrogens with one attached hydrogen (secondary N) is 1. The van der Waals surface area contributed by atoms with E-state index in [0.29, 0.717) is 12.5 Å². The molecule has 0 unspecified atom stereocenters. The third kappa shape index (κ3) is 4.17. The highest BCUT2D eigenvalue weighted by atomic mass is 19.1. The molecular formula is C16H22FN3. The first-order chi connectivity index (χ1) is 9.54. The van der Waals surface area contributed by atoms with E-state index < -0.39 is 0 Å². The maximum Gasteiger partial charge on any atom is 0.123 e. The van der Waals surface area contributed by atoms with E-state index in [1.165, 1.54) is 11.6 Å². The normalized spacial score (nSPS) is 11.2. The van der Waals surface area contributed by atoms with Crippen LogP contribution in [0.3, 0.4) is 0 Å². The van der Waals surface area contributed by atoms with Crippen LogP contribution in [0.4, 0.5) is 4.39 Å². The summed E-state index contributed by atoms with van der Waals surface area (Å²) in [4.78, 5) is 0. The van der Waals surface area contributed by atoms with Crippen LogP contribution in [-0.2, 0) is 13.1 Å². The summed E-state index contributed by atoms with van der Waals surface area (Å²) in [5.74, 6) is 0.456. The van der Waals surface area contributed by atoms with Crippen molar-refractivity contribution in [2.24, 2.45) is 5.92 Å². The minimum absolute atomic E-state index is 0.190. The number of aromatic nitrogens is 2. The Labute approximate surface area is 119 Å². The van der Waals surface area contributed by atoms with Gasteiger partial charge in [-0.1, -0.05) is 19.9 Å². The topological polar surface area (TPSA) is 29.9 Å². The van der Waals surface area contributed by atoms with E-state index in [2.05, 4.69) is 24.3 Å². The monoisotopic (exact) mass is 275 g/mol. The van der Waals surface area contributed by atoms with Gasteiger partial charge in [0.15, 0.2) is 0 Å². The third-order valence-electron chi connectivity index (χ3n) is 3.21. The molecule has 0 radical (unpaired) electrons. The Morgan fingerprint density at radius 3 is 2.85 bits per heavy atom. The molecule has 0 bridgehead atoms. The Bertz CT molecular complexity index is 561. The number of aryl methyl sites for hydroxylation is 1. The molecule has 20 heavy (non-hydrogen) atoms. The summed E-state index contributed by atoms with van der Waals surface area (Å²) < 4.78 is 15.0. The molecule has 3 nitrogen and oxygen atoms in total. The fraction of sp³-hybridized carbons (Fsp3) is 0.438. The Hall–Kier alpha value is -1.68. The maximum absolute atomic E-state index is 13.1. The molecule has 4 heteroatoms. The van der Waals surface area contributed by atoms with Gasteiger partial charge in [0.25, 0.3) is 0 Å². The van der Waals surface area contributed by atoms with E-state index in [1.807, 2.05) is 30.1 Å². The van der Waals surface area contributed by atoms with Gasteiger partial charge < -0.3 is 5.32 Å². The van der Waals surface area contributed by atoms with Crippen LogP contribution in [-0.4, -0.2) is 16.3 Å². The predicted octanol–water partition coefficient (Wildman–Crippen LogP) is 3.12. The fourth-order valence-electron chi connectivity index (χ4n) is 2.10. The van der Waals surface area contributed by atoms with Gasteiger partial charge in [0, 0.05) is 18.3 Å². The summed E-state index contributed by atoms with van der Waals surface area (Å²) in [5.41, 5.74) is 3.22. The van der Waals surface area contributed by atoms with Crippen molar-refractivity contribution in [2.45, 2.75) is 33.9 Å². The predicted molar refractivity (Wildman–Crippen MR) is 79.0 cm³/mol. The molecule has 2 rings (SSSR count). The van der Waals surface area contributed by atoms with Gasteiger partial charge >= 0.3 is 0 Å². The summed E-state index contributed by atoms with van der Waals surface area (Å²) in [6.45, 7) is 8.81. The number of benzene rings is 1. The maximum atomic E-state index is 13.1. The van der Waals surface area contributed by atoms with E-state index in [-0.39, 0.29) is 5.82 Å². The number of halogens is 1. The van der Waals surface area contributed by atoms with E-state index in [0.717, 1.165) is 24.2 Å². The lowest BCUT2D eigenvalue weighted by atomic mass is 10.1. The van der Waals surface area contributed by atoms with E-state index in [9.17, 15) is 4.39 Å².